The van der Waals surface area contributed by atoms with Crippen molar-refractivity contribution < 1.29 is 22.2 Å². The minimum Gasteiger partial charge on any atom is -0.289 e. The number of hydrogen-bond donors (Lipinski definition) is 0. The first-order valence-corrected chi connectivity index (χ1v) is 23.5. The smallest absolute Gasteiger partial charge is 0.212 e. The fourth-order valence-electron chi connectivity index (χ4n) is 8.23. The first kappa shape index (κ1) is 47.1. The molecule has 0 aliphatic heterocycles. The van der Waals surface area contributed by atoms with E-state index in [1.165, 1.54) is 73.2 Å². The molecule has 7 heteroatoms. The lowest BCUT2D eigenvalue weighted by Crippen LogP contribution is -2.67. The maximum Gasteiger partial charge on any atom is 0.212 e. The predicted octanol–water partition coefficient (Wildman–Crippen LogP) is 13.0. The number of benzene rings is 6. The van der Waals surface area contributed by atoms with Gasteiger partial charge in [-0.25, -0.2) is 13.2 Å². The van der Waals surface area contributed by atoms with Gasteiger partial charge in [-0.1, -0.05) is 182 Å². The lowest BCUT2D eigenvalue weighted by molar-refractivity contribution is 0.102. The van der Waals surface area contributed by atoms with E-state index in [1.54, 1.807) is 12.1 Å². The van der Waals surface area contributed by atoms with Gasteiger partial charge in [0.15, 0.2) is 25.5 Å². The molecule has 6 aromatic rings. The Labute approximate surface area is 364 Å². The minimum absolute atomic E-state index is 0.00756. The van der Waals surface area contributed by atoms with Crippen LogP contribution >= 0.6 is 0 Å². The fourth-order valence-corrected chi connectivity index (χ4v) is 10.5. The SMILES string of the molecule is CC(C)(C)c1ccc([S+](=O)(CC(=O)c2ccccc2)c2ccc(C(C)(C)C)cc2)cc1.CCCCCCCC[B-](c1ccc(F)cc1)(c1ccc(F)cc1)c1ccc(F)cc1. The number of Topliss-reactive ketones (excluding diaryl/α,β-unsaturated/α-hetero) is 1. The lowest BCUT2D eigenvalue weighted by atomic mass is 9.14. The quantitative estimate of drug-likeness (QED) is 0.0447. The molecule has 0 atom stereocenters. The third-order valence-electron chi connectivity index (χ3n) is 11.9. The minimum atomic E-state index is -2.77. The van der Waals surface area contributed by atoms with Crippen LogP contribution in [-0.2, 0) is 25.0 Å². The van der Waals surface area contributed by atoms with E-state index in [9.17, 15) is 22.2 Å². The molecule has 0 aliphatic carbocycles. The molecule has 320 valence electrons. The predicted molar refractivity (Wildman–Crippen MR) is 253 cm³/mol. The summed E-state index contributed by atoms with van der Waals surface area (Å²) in [4.78, 5) is 14.5. The van der Waals surface area contributed by atoms with Crippen LogP contribution in [0.2, 0.25) is 6.32 Å². The Kier molecular flexibility index (Phi) is 16.0. The summed E-state index contributed by atoms with van der Waals surface area (Å²) in [5.41, 5.74) is 5.93. The molecule has 0 aromatic heterocycles. The van der Waals surface area contributed by atoms with Gasteiger partial charge in [-0.05, 0) is 82.6 Å². The first-order chi connectivity index (χ1) is 29.0. The molecule has 61 heavy (non-hydrogen) atoms. The van der Waals surface area contributed by atoms with Crippen LogP contribution in [0.15, 0.2) is 161 Å². The molecule has 0 spiro atoms. The molecule has 0 fully saturated rings. The van der Waals surface area contributed by atoms with Crippen molar-refractivity contribution in [2.24, 2.45) is 0 Å². The van der Waals surface area contributed by atoms with Gasteiger partial charge in [-0.2, -0.15) is 22.7 Å². The Bertz CT molecular complexity index is 2160. The maximum atomic E-state index is 14.5. The van der Waals surface area contributed by atoms with E-state index in [4.69, 9.17) is 0 Å². The number of carbonyl (C=O) groups excluding carboxylic acids is 1. The zero-order chi connectivity index (χ0) is 44.3. The Hall–Kier alpha value is -5.01. The third kappa shape index (κ3) is 12.1. The Morgan fingerprint density at radius 3 is 1.21 bits per heavy atom. The number of rotatable bonds is 15. The summed E-state index contributed by atoms with van der Waals surface area (Å²) in [6.45, 7) is 15.1. The molecule has 6 rings (SSSR count). The van der Waals surface area contributed by atoms with Crippen molar-refractivity contribution in [2.45, 2.75) is 114 Å². The highest BCUT2D eigenvalue weighted by molar-refractivity contribution is 8.03. The van der Waals surface area contributed by atoms with Gasteiger partial charge in [-0.15, -0.1) is 0 Å². The second kappa shape index (κ2) is 20.7. The highest BCUT2D eigenvalue weighted by Crippen LogP contribution is 2.34. The van der Waals surface area contributed by atoms with Crippen LogP contribution in [0.1, 0.15) is 108 Å². The van der Waals surface area contributed by atoms with Gasteiger partial charge in [0, 0.05) is 5.56 Å². The summed E-state index contributed by atoms with van der Waals surface area (Å²) in [5, 5.41) is 0. The number of unbranched alkanes of at least 4 members (excludes halogenated alkanes) is 5. The van der Waals surface area contributed by atoms with Gasteiger partial charge in [0.1, 0.15) is 17.5 Å². The van der Waals surface area contributed by atoms with Crippen LogP contribution in [0.4, 0.5) is 13.2 Å². The molecule has 0 saturated heterocycles. The molecule has 2 nitrogen and oxygen atoms in total. The van der Waals surface area contributed by atoms with Crippen molar-refractivity contribution >= 4 is 38.3 Å². The van der Waals surface area contributed by atoms with E-state index in [-0.39, 0.29) is 39.8 Å². The number of carbonyl (C=O) groups is 1. The van der Waals surface area contributed by atoms with Crippen molar-refractivity contribution in [1.82, 2.24) is 0 Å². The average Bonchev–Trinajstić information content (AvgIpc) is 3.25. The van der Waals surface area contributed by atoms with Crippen LogP contribution < -0.4 is 16.4 Å². The third-order valence-corrected chi connectivity index (χ3v) is 14.7. The van der Waals surface area contributed by atoms with Crippen molar-refractivity contribution in [1.29, 1.82) is 0 Å². The van der Waals surface area contributed by atoms with Crippen molar-refractivity contribution in [2.75, 3.05) is 5.75 Å². The molecule has 0 saturated carbocycles. The summed E-state index contributed by atoms with van der Waals surface area (Å²) in [5.74, 6) is -1.02. The van der Waals surface area contributed by atoms with E-state index in [2.05, 4.69) is 48.5 Å². The second-order valence-corrected chi connectivity index (χ2v) is 21.0. The zero-order valence-electron chi connectivity index (χ0n) is 37.0. The lowest BCUT2D eigenvalue weighted by Gasteiger charge is -2.43. The topological polar surface area (TPSA) is 34.1 Å². The van der Waals surface area contributed by atoms with Crippen molar-refractivity contribution in [3.63, 3.8) is 0 Å². The fraction of sp³-hybridized carbons (Fsp3) is 0.315. The normalized spacial score (nSPS) is 12.1. The van der Waals surface area contributed by atoms with Crippen LogP contribution in [0.25, 0.3) is 0 Å². The Balaban J connectivity index is 0.000000231. The molecule has 0 aliphatic rings. The number of halogens is 3. The highest BCUT2D eigenvalue weighted by Gasteiger charge is 2.38. The van der Waals surface area contributed by atoms with Crippen LogP contribution in [-0.4, -0.2) is 17.7 Å². The molecule has 0 radical (unpaired) electrons. The Morgan fingerprint density at radius 2 is 0.852 bits per heavy atom. The molecule has 6 aromatic carbocycles. The van der Waals surface area contributed by atoms with Crippen molar-refractivity contribution in [3.05, 3.63) is 186 Å². The first-order valence-electron chi connectivity index (χ1n) is 21.7. The summed E-state index contributed by atoms with van der Waals surface area (Å²) in [7, 11) is -2.77. The molecule has 0 heterocycles. The Morgan fingerprint density at radius 1 is 0.492 bits per heavy atom. The number of ketones is 1. The maximum absolute atomic E-state index is 14.5. The molecular formula is C54H62BF3O2S. The van der Waals surface area contributed by atoms with Gasteiger partial charge in [0.05, 0.1) is 6.15 Å². The van der Waals surface area contributed by atoms with E-state index in [0.717, 1.165) is 35.6 Å². The highest BCUT2D eigenvalue weighted by atomic mass is 32.2. The zero-order valence-corrected chi connectivity index (χ0v) is 37.8. The molecule has 0 bridgehead atoms. The van der Waals surface area contributed by atoms with Gasteiger partial charge in [-0.3, -0.25) is 4.79 Å². The molecule has 0 amide bonds. The largest absolute Gasteiger partial charge is 0.289 e. The van der Waals surface area contributed by atoms with Gasteiger partial charge >= 0.3 is 0 Å². The van der Waals surface area contributed by atoms with E-state index >= 15 is 0 Å². The summed E-state index contributed by atoms with van der Waals surface area (Å²) < 4.78 is 55.6. The van der Waals surface area contributed by atoms with Crippen LogP contribution in [0.3, 0.4) is 0 Å². The summed E-state index contributed by atoms with van der Waals surface area (Å²) >= 11 is 0. The van der Waals surface area contributed by atoms with Gasteiger partial charge < -0.3 is 0 Å². The monoisotopic (exact) mass is 842 g/mol. The van der Waals surface area contributed by atoms with E-state index < -0.39 is 16.1 Å². The average molecular weight is 843 g/mol. The van der Waals surface area contributed by atoms with Crippen LogP contribution in [0.5, 0.6) is 0 Å². The van der Waals surface area contributed by atoms with Gasteiger partial charge in [0.25, 0.3) is 0 Å². The standard InChI is InChI=1S/C28H33O2S.C26H29BF3/c1-27(2,3)22-12-16-24(17-13-22)31(30,20-26(29)21-10-8-7-9-11-21)25-18-14-23(15-19-25)28(4,5)6;1-2-3-4-5-6-7-20-27(21-8-14-24(28)15-9-21,22-10-16-25(29)17-11-22)23-12-18-26(30)19-13-23/h7-19H,20H2,1-6H3;8-19H,2-7,20H2,1H3/q+1;-1. The second-order valence-electron chi connectivity index (χ2n) is 18.4. The van der Waals surface area contributed by atoms with Crippen LogP contribution in [0, 0.1) is 17.5 Å². The van der Waals surface area contributed by atoms with E-state index in [0.29, 0.717) is 15.4 Å². The summed E-state index contributed by atoms with van der Waals surface area (Å²) in [6.07, 6.45) is 6.30. The number of hydrogen-bond acceptors (Lipinski definition) is 2. The summed E-state index contributed by atoms with van der Waals surface area (Å²) in [6, 6.07) is 44.7. The molecule has 0 unspecified atom stereocenters. The molecular weight excluding hydrogens is 780 g/mol. The van der Waals surface area contributed by atoms with E-state index in [1.807, 2.05) is 103 Å². The van der Waals surface area contributed by atoms with Gasteiger partial charge in [0.2, 0.25) is 5.78 Å². The molecule has 0 N–H and O–H groups in total. The van der Waals surface area contributed by atoms with Crippen molar-refractivity contribution in [3.8, 4) is 0 Å².